The fraction of sp³-hybridized carbons (Fsp3) is 0.269. The van der Waals surface area contributed by atoms with Gasteiger partial charge in [0.1, 0.15) is 4.88 Å². The topological polar surface area (TPSA) is 107 Å². The summed E-state index contributed by atoms with van der Waals surface area (Å²) in [7, 11) is 1.25. The van der Waals surface area contributed by atoms with Gasteiger partial charge >= 0.3 is 11.9 Å². The van der Waals surface area contributed by atoms with Crippen molar-refractivity contribution < 1.29 is 23.9 Å². The molecular formula is C26H25N3O6S. The summed E-state index contributed by atoms with van der Waals surface area (Å²) in [6.45, 7) is 2.92. The molecule has 0 radical (unpaired) electrons. The lowest BCUT2D eigenvalue weighted by Gasteiger charge is -2.16. The monoisotopic (exact) mass is 507 g/mol. The largest absolute Gasteiger partial charge is 0.465 e. The maximum Gasteiger partial charge on any atom is 0.348 e. The molecule has 1 saturated heterocycles. The fourth-order valence-corrected chi connectivity index (χ4v) is 4.72. The second kappa shape index (κ2) is 11.1. The number of hydrogen-bond donors (Lipinski definition) is 0. The van der Waals surface area contributed by atoms with Gasteiger partial charge in [0.2, 0.25) is 5.91 Å². The highest BCUT2D eigenvalue weighted by Gasteiger charge is 2.21. The van der Waals surface area contributed by atoms with E-state index in [0.29, 0.717) is 29.0 Å². The zero-order chi connectivity index (χ0) is 25.7. The number of aromatic nitrogens is 1. The molecule has 3 aromatic rings. The van der Waals surface area contributed by atoms with Crippen molar-refractivity contribution in [3.8, 4) is 0 Å². The molecule has 0 unspecified atom stereocenters. The molecule has 186 valence electrons. The van der Waals surface area contributed by atoms with Crippen molar-refractivity contribution in [2.24, 2.45) is 4.99 Å². The molecule has 2 aromatic carbocycles. The summed E-state index contributed by atoms with van der Waals surface area (Å²) in [6, 6.07) is 15.1. The van der Waals surface area contributed by atoms with Crippen LogP contribution in [0.3, 0.4) is 0 Å². The first-order chi connectivity index (χ1) is 17.4. The Balaban J connectivity index is 1.70. The number of hydrogen-bond acceptors (Lipinski definition) is 8. The summed E-state index contributed by atoms with van der Waals surface area (Å²) < 4.78 is 11.3. The average Bonchev–Trinajstić information content (AvgIpc) is 3.32. The van der Waals surface area contributed by atoms with Crippen molar-refractivity contribution in [3.63, 3.8) is 0 Å². The summed E-state index contributed by atoms with van der Waals surface area (Å²) in [5, 5.41) is 0. The first-order valence-corrected chi connectivity index (χ1v) is 12.3. The third-order valence-corrected chi connectivity index (χ3v) is 6.60. The summed E-state index contributed by atoms with van der Waals surface area (Å²) >= 11 is 1.03. The fourth-order valence-electron chi connectivity index (χ4n) is 3.78. The molecule has 2 heterocycles. The minimum Gasteiger partial charge on any atom is -0.465 e. The molecule has 0 N–H and O–H groups in total. The highest BCUT2D eigenvalue weighted by atomic mass is 32.1. The molecule has 1 fully saturated rings. The van der Waals surface area contributed by atoms with Gasteiger partial charge in [-0.05, 0) is 55.3 Å². The SMILES string of the molecule is CCOC(=O)c1ccc(N=c2sc(C(=O)OC)cc(=O)n2Cc2ccc(N3CCCC3=O)cc2)cc1. The van der Waals surface area contributed by atoms with Crippen molar-refractivity contribution in [3.05, 3.63) is 85.8 Å². The van der Waals surface area contributed by atoms with Gasteiger partial charge in [-0.15, -0.1) is 0 Å². The van der Waals surface area contributed by atoms with Crippen LogP contribution in [-0.4, -0.2) is 42.7 Å². The van der Waals surface area contributed by atoms with Gasteiger partial charge in [0.25, 0.3) is 5.56 Å². The summed E-state index contributed by atoms with van der Waals surface area (Å²) in [5.41, 5.74) is 2.13. The van der Waals surface area contributed by atoms with Crippen LogP contribution in [-0.2, 0) is 20.8 Å². The lowest BCUT2D eigenvalue weighted by atomic mass is 10.2. The van der Waals surface area contributed by atoms with E-state index in [1.165, 1.54) is 17.7 Å². The highest BCUT2D eigenvalue weighted by Crippen LogP contribution is 2.22. The lowest BCUT2D eigenvalue weighted by molar-refractivity contribution is -0.117. The molecule has 0 bridgehead atoms. The van der Waals surface area contributed by atoms with Crippen LogP contribution in [0.1, 0.15) is 45.4 Å². The Kier molecular flexibility index (Phi) is 7.74. The third-order valence-electron chi connectivity index (χ3n) is 5.60. The molecule has 1 amide bonds. The Bertz CT molecular complexity index is 1410. The van der Waals surface area contributed by atoms with Crippen LogP contribution in [0.2, 0.25) is 0 Å². The molecule has 36 heavy (non-hydrogen) atoms. The Morgan fingerprint density at radius 3 is 2.36 bits per heavy atom. The van der Waals surface area contributed by atoms with E-state index in [0.717, 1.165) is 29.0 Å². The molecule has 0 spiro atoms. The maximum absolute atomic E-state index is 13.0. The van der Waals surface area contributed by atoms with Crippen LogP contribution in [0.15, 0.2) is 64.4 Å². The van der Waals surface area contributed by atoms with E-state index in [-0.39, 0.29) is 23.9 Å². The van der Waals surface area contributed by atoms with Crippen LogP contribution in [0.5, 0.6) is 0 Å². The third kappa shape index (κ3) is 5.60. The molecule has 1 aliphatic rings. The zero-order valence-corrected chi connectivity index (χ0v) is 20.7. The smallest absolute Gasteiger partial charge is 0.348 e. The van der Waals surface area contributed by atoms with Gasteiger partial charge in [0.15, 0.2) is 4.80 Å². The molecule has 0 atom stereocenters. The Morgan fingerprint density at radius 2 is 1.75 bits per heavy atom. The van der Waals surface area contributed by atoms with Gasteiger partial charge in [-0.25, -0.2) is 14.6 Å². The van der Waals surface area contributed by atoms with Gasteiger partial charge in [0, 0.05) is 24.7 Å². The quantitative estimate of drug-likeness (QED) is 0.454. The molecule has 0 aliphatic carbocycles. The second-order valence-corrected chi connectivity index (χ2v) is 9.01. The summed E-state index contributed by atoms with van der Waals surface area (Å²) in [5.74, 6) is -0.956. The van der Waals surface area contributed by atoms with E-state index in [1.54, 1.807) is 36.1 Å². The molecule has 0 saturated carbocycles. The van der Waals surface area contributed by atoms with Gasteiger partial charge in [0.05, 0.1) is 31.5 Å². The number of ether oxygens (including phenoxy) is 2. The number of amides is 1. The maximum atomic E-state index is 13.0. The Labute approximate surface area is 211 Å². The Morgan fingerprint density at radius 1 is 1.03 bits per heavy atom. The zero-order valence-electron chi connectivity index (χ0n) is 19.9. The molecule has 1 aromatic heterocycles. The number of carbonyl (C=O) groups excluding carboxylic acids is 3. The highest BCUT2D eigenvalue weighted by molar-refractivity contribution is 7.11. The van der Waals surface area contributed by atoms with E-state index < -0.39 is 17.5 Å². The Hall–Kier alpha value is -4.05. The minimum absolute atomic E-state index is 0.106. The van der Waals surface area contributed by atoms with Crippen molar-refractivity contribution in [2.45, 2.75) is 26.3 Å². The molecule has 9 nitrogen and oxygen atoms in total. The second-order valence-electron chi connectivity index (χ2n) is 8.00. The predicted molar refractivity (Wildman–Crippen MR) is 135 cm³/mol. The summed E-state index contributed by atoms with van der Waals surface area (Å²) in [6.07, 6.45) is 1.40. The van der Waals surface area contributed by atoms with Gasteiger partial charge in [-0.3, -0.25) is 14.2 Å². The average molecular weight is 508 g/mol. The molecular weight excluding hydrogens is 482 g/mol. The van der Waals surface area contributed by atoms with E-state index in [9.17, 15) is 19.2 Å². The van der Waals surface area contributed by atoms with Crippen LogP contribution >= 0.6 is 11.3 Å². The van der Waals surface area contributed by atoms with Crippen molar-refractivity contribution >= 4 is 40.6 Å². The van der Waals surface area contributed by atoms with Crippen LogP contribution in [0.25, 0.3) is 0 Å². The van der Waals surface area contributed by atoms with Crippen LogP contribution < -0.4 is 15.3 Å². The van der Waals surface area contributed by atoms with Crippen molar-refractivity contribution in [1.82, 2.24) is 4.57 Å². The number of esters is 2. The van der Waals surface area contributed by atoms with E-state index >= 15 is 0 Å². The lowest BCUT2D eigenvalue weighted by Crippen LogP contribution is -2.33. The van der Waals surface area contributed by atoms with Gasteiger partial charge < -0.3 is 14.4 Å². The molecule has 1 aliphatic heterocycles. The minimum atomic E-state index is -0.627. The van der Waals surface area contributed by atoms with E-state index in [4.69, 9.17) is 9.47 Å². The van der Waals surface area contributed by atoms with Crippen LogP contribution in [0, 0.1) is 0 Å². The number of anilines is 1. The molecule has 10 heteroatoms. The number of benzene rings is 2. The van der Waals surface area contributed by atoms with Gasteiger partial charge in [-0.1, -0.05) is 23.5 Å². The number of nitrogens with zero attached hydrogens (tertiary/aromatic N) is 3. The normalized spacial score (nSPS) is 13.7. The number of rotatable bonds is 7. The standard InChI is InChI=1S/C26H25N3O6S/c1-3-35-24(32)18-8-10-19(11-9-18)27-26-29(23(31)15-21(36-26)25(33)34-2)16-17-6-12-20(13-7-17)28-14-4-5-22(28)30/h6-13,15H,3-5,14,16H2,1-2H3. The van der Waals surface area contributed by atoms with Gasteiger partial charge in [-0.2, -0.15) is 0 Å². The first kappa shape index (κ1) is 25.1. The predicted octanol–water partition coefficient (Wildman–Crippen LogP) is 3.28. The summed E-state index contributed by atoms with van der Waals surface area (Å²) in [4.78, 5) is 55.8. The molecule has 4 rings (SSSR count). The first-order valence-electron chi connectivity index (χ1n) is 11.4. The number of carbonyl (C=O) groups is 3. The van der Waals surface area contributed by atoms with E-state index in [2.05, 4.69) is 4.99 Å². The van der Waals surface area contributed by atoms with E-state index in [1.807, 2.05) is 24.3 Å². The van der Waals surface area contributed by atoms with Crippen LogP contribution in [0.4, 0.5) is 11.4 Å². The van der Waals surface area contributed by atoms with Crippen molar-refractivity contribution in [1.29, 1.82) is 0 Å². The van der Waals surface area contributed by atoms with Crippen molar-refractivity contribution in [2.75, 3.05) is 25.2 Å². The number of methoxy groups -OCH3 is 1.